The second-order valence-corrected chi connectivity index (χ2v) is 3.89. The first-order chi connectivity index (χ1) is 7.17. The van der Waals surface area contributed by atoms with E-state index in [1.165, 1.54) is 11.1 Å². The molecule has 80 valence electrons. The Labute approximate surface area is 92.5 Å². The minimum Gasteiger partial charge on any atom is -0.312 e. The summed E-state index contributed by atoms with van der Waals surface area (Å²) in [5.41, 5.74) is 6.76. The zero-order valence-electron chi connectivity index (χ0n) is 9.80. The summed E-state index contributed by atoms with van der Waals surface area (Å²) in [6.07, 6.45) is 0.991. The summed E-state index contributed by atoms with van der Waals surface area (Å²) in [5.74, 6) is 0. The zero-order chi connectivity index (χ0) is 11.3. The molecule has 0 aliphatic carbocycles. The van der Waals surface area contributed by atoms with Crippen molar-refractivity contribution in [3.63, 3.8) is 0 Å². The number of aryl methyl sites for hydroxylation is 1. The highest BCUT2D eigenvalue weighted by Gasteiger charge is 2.08. The van der Waals surface area contributed by atoms with Crippen molar-refractivity contribution >= 4 is 0 Å². The fourth-order valence-corrected chi connectivity index (χ4v) is 1.55. The summed E-state index contributed by atoms with van der Waals surface area (Å²) in [6.45, 7) is 7.85. The molecule has 0 heterocycles. The lowest BCUT2D eigenvalue weighted by Gasteiger charge is -2.15. The van der Waals surface area contributed by atoms with Crippen molar-refractivity contribution in [2.24, 2.45) is 0 Å². The predicted molar refractivity (Wildman–Crippen MR) is 66.1 cm³/mol. The first-order valence-electron chi connectivity index (χ1n) is 5.26. The molecule has 1 atom stereocenters. The van der Waals surface area contributed by atoms with E-state index in [0.29, 0.717) is 6.04 Å². The normalized spacial score (nSPS) is 11.9. The Morgan fingerprint density at radius 2 is 2.00 bits per heavy atom. The van der Waals surface area contributed by atoms with Gasteiger partial charge in [0.05, 0.1) is 0 Å². The Morgan fingerprint density at radius 1 is 1.40 bits per heavy atom. The fraction of sp³-hybridized carbons (Fsp3) is 0.357. The molecule has 0 aliphatic rings. The first kappa shape index (κ1) is 11.8. The van der Waals surface area contributed by atoms with E-state index in [-0.39, 0.29) is 0 Å². The van der Waals surface area contributed by atoms with Crippen LogP contribution < -0.4 is 5.32 Å². The summed E-state index contributed by atoms with van der Waals surface area (Å²) < 4.78 is 0. The van der Waals surface area contributed by atoms with Gasteiger partial charge in [0.1, 0.15) is 0 Å². The van der Waals surface area contributed by atoms with E-state index in [9.17, 15) is 0 Å². The molecule has 0 fully saturated rings. The molecule has 1 rings (SSSR count). The van der Waals surface area contributed by atoms with Gasteiger partial charge in [-0.2, -0.15) is 0 Å². The van der Waals surface area contributed by atoms with Crippen molar-refractivity contribution in [3.05, 3.63) is 53.3 Å². The van der Waals surface area contributed by atoms with Crippen molar-refractivity contribution < 1.29 is 0 Å². The predicted octanol–water partition coefficient (Wildman–Crippen LogP) is 2.86. The van der Waals surface area contributed by atoms with Crippen molar-refractivity contribution in [1.82, 2.24) is 5.32 Å². The van der Waals surface area contributed by atoms with Crippen molar-refractivity contribution in [1.29, 1.82) is 0 Å². The average molecular weight is 201 g/mol. The van der Waals surface area contributed by atoms with Crippen molar-refractivity contribution in [3.8, 4) is 0 Å². The summed E-state index contributed by atoms with van der Waals surface area (Å²) in [4.78, 5) is 0. The van der Waals surface area contributed by atoms with Crippen LogP contribution in [0, 0.1) is 6.92 Å². The summed E-state index contributed by atoms with van der Waals surface area (Å²) >= 11 is 0. The van der Waals surface area contributed by atoms with E-state index in [1.54, 1.807) is 0 Å². The molecule has 0 radical (unpaired) electrons. The smallest absolute Gasteiger partial charge is 0.0390 e. The minimum atomic E-state index is 0.338. The van der Waals surface area contributed by atoms with Gasteiger partial charge in [-0.1, -0.05) is 36.4 Å². The van der Waals surface area contributed by atoms with E-state index < -0.39 is 0 Å². The molecule has 0 saturated carbocycles. The molecular formula is C14H19N. The van der Waals surface area contributed by atoms with Gasteiger partial charge in [-0.05, 0) is 38.5 Å². The molecule has 0 spiro atoms. The highest BCUT2D eigenvalue weighted by molar-refractivity contribution is 5.24. The number of likely N-dealkylation sites (N-methyl/N-ethyl adjacent to an activating group) is 1. The summed E-state index contributed by atoms with van der Waals surface area (Å²) in [7, 11) is 1.97. The zero-order valence-corrected chi connectivity index (χ0v) is 9.80. The molecule has 1 N–H and O–H groups in total. The molecular weight excluding hydrogens is 182 g/mol. The van der Waals surface area contributed by atoms with E-state index in [1.807, 2.05) is 7.05 Å². The standard InChI is InChI=1S/C14H19N/c1-5-12(3)14(15-4)10-13-8-6-11(2)7-9-13/h6-9,14-15H,1,10H2,2-4H3/t14-/m1/s1. The van der Waals surface area contributed by atoms with Gasteiger partial charge in [-0.25, -0.2) is 0 Å². The van der Waals surface area contributed by atoms with Gasteiger partial charge in [-0.15, -0.1) is 5.73 Å². The van der Waals surface area contributed by atoms with E-state index in [4.69, 9.17) is 0 Å². The number of rotatable bonds is 4. The maximum Gasteiger partial charge on any atom is 0.0390 e. The summed E-state index contributed by atoms with van der Waals surface area (Å²) in [6, 6.07) is 8.99. The molecule has 0 unspecified atom stereocenters. The quantitative estimate of drug-likeness (QED) is 0.739. The molecule has 0 aliphatic heterocycles. The van der Waals surface area contributed by atoms with Gasteiger partial charge >= 0.3 is 0 Å². The van der Waals surface area contributed by atoms with Gasteiger partial charge in [0.15, 0.2) is 0 Å². The second-order valence-electron chi connectivity index (χ2n) is 3.89. The number of benzene rings is 1. The van der Waals surface area contributed by atoms with Crippen LogP contribution in [0.25, 0.3) is 0 Å². The molecule has 1 aromatic carbocycles. The minimum absolute atomic E-state index is 0.338. The van der Waals surface area contributed by atoms with Crippen LogP contribution in [0.4, 0.5) is 0 Å². The van der Waals surface area contributed by atoms with E-state index >= 15 is 0 Å². The molecule has 0 aromatic heterocycles. The van der Waals surface area contributed by atoms with Crippen molar-refractivity contribution in [2.45, 2.75) is 26.3 Å². The largest absolute Gasteiger partial charge is 0.312 e. The van der Waals surface area contributed by atoms with Gasteiger partial charge in [0.25, 0.3) is 0 Å². The van der Waals surface area contributed by atoms with E-state index in [0.717, 1.165) is 12.0 Å². The number of hydrogen-bond acceptors (Lipinski definition) is 1. The first-order valence-corrected chi connectivity index (χ1v) is 5.26. The number of nitrogens with one attached hydrogen (secondary N) is 1. The third-order valence-corrected chi connectivity index (χ3v) is 2.71. The molecule has 0 bridgehead atoms. The average Bonchev–Trinajstić information content (AvgIpc) is 2.27. The third kappa shape index (κ3) is 3.39. The number of hydrogen-bond donors (Lipinski definition) is 1. The van der Waals surface area contributed by atoms with Gasteiger partial charge in [0.2, 0.25) is 0 Å². The van der Waals surface area contributed by atoms with Crippen LogP contribution in [0.3, 0.4) is 0 Å². The van der Waals surface area contributed by atoms with Crippen LogP contribution in [0.1, 0.15) is 18.1 Å². The SMILES string of the molecule is C=C=C(C)[C@@H](Cc1ccc(C)cc1)NC. The van der Waals surface area contributed by atoms with Crippen LogP contribution in [0.15, 0.2) is 42.1 Å². The third-order valence-electron chi connectivity index (χ3n) is 2.71. The van der Waals surface area contributed by atoms with Crippen LogP contribution in [0.5, 0.6) is 0 Å². The lowest BCUT2D eigenvalue weighted by Crippen LogP contribution is -2.28. The van der Waals surface area contributed by atoms with Crippen LogP contribution in [-0.4, -0.2) is 13.1 Å². The highest BCUT2D eigenvalue weighted by atomic mass is 14.9. The van der Waals surface area contributed by atoms with Crippen LogP contribution in [0.2, 0.25) is 0 Å². The maximum atomic E-state index is 3.68. The lowest BCUT2D eigenvalue weighted by atomic mass is 10.00. The maximum absolute atomic E-state index is 3.68. The Bertz CT molecular complexity index is 355. The summed E-state index contributed by atoms with van der Waals surface area (Å²) in [5, 5.41) is 3.28. The molecule has 1 nitrogen and oxygen atoms in total. The topological polar surface area (TPSA) is 12.0 Å². The van der Waals surface area contributed by atoms with E-state index in [2.05, 4.69) is 55.7 Å². The fourth-order valence-electron chi connectivity index (χ4n) is 1.55. The van der Waals surface area contributed by atoms with Crippen molar-refractivity contribution in [2.75, 3.05) is 7.05 Å². The Kier molecular flexibility index (Phi) is 4.36. The van der Waals surface area contributed by atoms with Crippen LogP contribution in [-0.2, 0) is 6.42 Å². The molecule has 15 heavy (non-hydrogen) atoms. The Balaban J connectivity index is 2.75. The Hall–Kier alpha value is -1.30. The molecule has 1 aromatic rings. The molecule has 0 saturated heterocycles. The van der Waals surface area contributed by atoms with Gasteiger partial charge in [0, 0.05) is 6.04 Å². The second kappa shape index (κ2) is 5.55. The highest BCUT2D eigenvalue weighted by Crippen LogP contribution is 2.10. The molecule has 0 amide bonds. The van der Waals surface area contributed by atoms with Crippen LogP contribution >= 0.6 is 0 Å². The molecule has 1 heteroatoms. The van der Waals surface area contributed by atoms with Gasteiger partial charge in [-0.3, -0.25) is 0 Å². The Morgan fingerprint density at radius 3 is 2.47 bits per heavy atom. The monoisotopic (exact) mass is 201 g/mol. The van der Waals surface area contributed by atoms with Gasteiger partial charge < -0.3 is 5.32 Å². The lowest BCUT2D eigenvalue weighted by molar-refractivity contribution is 0.633.